The number of halogens is 3. The third-order valence-electron chi connectivity index (χ3n) is 2.28. The molecule has 0 fully saturated rings. The summed E-state index contributed by atoms with van der Waals surface area (Å²) in [6, 6.07) is 1.55. The van der Waals surface area contributed by atoms with Gasteiger partial charge in [-0.3, -0.25) is 4.79 Å². The minimum absolute atomic E-state index is 0. The van der Waals surface area contributed by atoms with Crippen LogP contribution in [0.2, 0.25) is 8.67 Å². The van der Waals surface area contributed by atoms with E-state index in [1.54, 1.807) is 6.07 Å². The lowest BCUT2D eigenvalue weighted by Crippen LogP contribution is -2.41. The summed E-state index contributed by atoms with van der Waals surface area (Å²) in [5.74, 6) is 0.264. The number of amides is 1. The topological polar surface area (TPSA) is 55.1 Å². The first-order chi connectivity index (χ1) is 7.93. The van der Waals surface area contributed by atoms with Gasteiger partial charge in [0.2, 0.25) is 0 Å². The van der Waals surface area contributed by atoms with Crippen LogP contribution in [0.25, 0.3) is 0 Å². The summed E-state index contributed by atoms with van der Waals surface area (Å²) in [5.41, 5.74) is 6.04. The summed E-state index contributed by atoms with van der Waals surface area (Å²) in [4.78, 5) is 11.9. The molecule has 1 aromatic heterocycles. The van der Waals surface area contributed by atoms with Crippen LogP contribution in [0.1, 0.15) is 30.6 Å². The Balaban J connectivity index is 0.00000289. The highest BCUT2D eigenvalue weighted by Crippen LogP contribution is 2.31. The Kier molecular flexibility index (Phi) is 8.23. The van der Waals surface area contributed by atoms with Gasteiger partial charge in [-0.05, 0) is 18.4 Å². The quantitative estimate of drug-likeness (QED) is 0.866. The van der Waals surface area contributed by atoms with Crippen molar-refractivity contribution in [3.8, 4) is 0 Å². The minimum atomic E-state index is -0.214. The largest absolute Gasteiger partial charge is 0.348 e. The molecule has 1 rings (SSSR count). The van der Waals surface area contributed by atoms with Crippen molar-refractivity contribution in [3.05, 3.63) is 20.3 Å². The molecule has 0 radical (unpaired) electrons. The maximum absolute atomic E-state index is 11.9. The zero-order valence-corrected chi connectivity index (χ0v) is 13.3. The van der Waals surface area contributed by atoms with Gasteiger partial charge in [0.1, 0.15) is 4.34 Å². The van der Waals surface area contributed by atoms with Crippen molar-refractivity contribution < 1.29 is 4.79 Å². The molecule has 3 nitrogen and oxygen atoms in total. The van der Waals surface area contributed by atoms with E-state index in [0.29, 0.717) is 26.7 Å². The Morgan fingerprint density at radius 3 is 2.50 bits per heavy atom. The Bertz CT molecular complexity index is 396. The third-order valence-corrected chi connectivity index (χ3v) is 3.76. The van der Waals surface area contributed by atoms with Crippen LogP contribution in [-0.4, -0.2) is 18.5 Å². The fraction of sp³-hybridized carbons (Fsp3) is 0.545. The van der Waals surface area contributed by atoms with Crippen LogP contribution in [0.3, 0.4) is 0 Å². The number of carbonyl (C=O) groups excluding carboxylic acids is 1. The van der Waals surface area contributed by atoms with Gasteiger partial charge in [-0.25, -0.2) is 0 Å². The number of carbonyl (C=O) groups is 1. The monoisotopic (exact) mass is 330 g/mol. The summed E-state index contributed by atoms with van der Waals surface area (Å²) in [6.07, 6.45) is 0.845. The van der Waals surface area contributed by atoms with E-state index in [-0.39, 0.29) is 24.4 Å². The average Bonchev–Trinajstić information content (AvgIpc) is 2.56. The van der Waals surface area contributed by atoms with Crippen LogP contribution < -0.4 is 11.1 Å². The fourth-order valence-corrected chi connectivity index (χ4v) is 3.00. The summed E-state index contributed by atoms with van der Waals surface area (Å²) < 4.78 is 0.918. The lowest BCUT2D eigenvalue weighted by atomic mass is 10.0. The van der Waals surface area contributed by atoms with Crippen molar-refractivity contribution in [3.63, 3.8) is 0 Å². The highest BCUT2D eigenvalue weighted by molar-refractivity contribution is 7.20. The lowest BCUT2D eigenvalue weighted by Gasteiger charge is -2.18. The molecule has 0 aromatic carbocycles. The van der Waals surface area contributed by atoms with E-state index in [1.165, 1.54) is 11.3 Å². The minimum Gasteiger partial charge on any atom is -0.348 e. The van der Waals surface area contributed by atoms with Crippen LogP contribution in [0, 0.1) is 5.92 Å². The van der Waals surface area contributed by atoms with Crippen molar-refractivity contribution in [1.82, 2.24) is 5.32 Å². The first kappa shape index (κ1) is 18.0. The van der Waals surface area contributed by atoms with Crippen LogP contribution in [0.5, 0.6) is 0 Å². The molecule has 1 atom stereocenters. The first-order valence-electron chi connectivity index (χ1n) is 5.39. The second kappa shape index (κ2) is 8.23. The fourth-order valence-electron chi connectivity index (χ4n) is 1.54. The van der Waals surface area contributed by atoms with Gasteiger partial charge in [-0.15, -0.1) is 23.7 Å². The second-order valence-corrected chi connectivity index (χ2v) is 6.56. The van der Waals surface area contributed by atoms with Crippen molar-refractivity contribution in [2.24, 2.45) is 11.7 Å². The molecule has 1 unspecified atom stereocenters. The summed E-state index contributed by atoms with van der Waals surface area (Å²) in [6.45, 7) is 4.59. The molecule has 0 aliphatic heterocycles. The number of rotatable bonds is 5. The van der Waals surface area contributed by atoms with Crippen LogP contribution in [-0.2, 0) is 0 Å². The van der Waals surface area contributed by atoms with Gasteiger partial charge >= 0.3 is 0 Å². The molecule has 0 bridgehead atoms. The van der Waals surface area contributed by atoms with E-state index in [0.717, 1.165) is 6.42 Å². The van der Waals surface area contributed by atoms with Crippen LogP contribution in [0.15, 0.2) is 6.07 Å². The molecule has 3 N–H and O–H groups in total. The molecule has 0 saturated heterocycles. The molecule has 0 saturated carbocycles. The van der Waals surface area contributed by atoms with Gasteiger partial charge in [0.15, 0.2) is 0 Å². The highest BCUT2D eigenvalue weighted by atomic mass is 35.5. The van der Waals surface area contributed by atoms with Crippen molar-refractivity contribution in [2.45, 2.75) is 26.3 Å². The molecule has 0 aliphatic rings. The van der Waals surface area contributed by atoms with Crippen molar-refractivity contribution in [1.29, 1.82) is 0 Å². The number of nitrogens with two attached hydrogens (primary N) is 1. The van der Waals surface area contributed by atoms with E-state index >= 15 is 0 Å². The predicted molar refractivity (Wildman–Crippen MR) is 81.4 cm³/mol. The van der Waals surface area contributed by atoms with Crippen LogP contribution >= 0.6 is 46.9 Å². The molecular formula is C11H17Cl3N2OS. The van der Waals surface area contributed by atoms with Gasteiger partial charge < -0.3 is 11.1 Å². The normalized spacial score (nSPS) is 12.1. The molecule has 18 heavy (non-hydrogen) atoms. The zero-order valence-electron chi connectivity index (χ0n) is 10.2. The maximum atomic E-state index is 11.9. The van der Waals surface area contributed by atoms with Crippen molar-refractivity contribution in [2.75, 3.05) is 6.54 Å². The van der Waals surface area contributed by atoms with Gasteiger partial charge in [0.25, 0.3) is 5.91 Å². The third kappa shape index (κ3) is 5.33. The molecular weight excluding hydrogens is 315 g/mol. The van der Waals surface area contributed by atoms with Crippen molar-refractivity contribution >= 4 is 52.9 Å². The van der Waals surface area contributed by atoms with E-state index in [4.69, 9.17) is 28.9 Å². The Morgan fingerprint density at radius 1 is 1.50 bits per heavy atom. The van der Waals surface area contributed by atoms with E-state index in [9.17, 15) is 4.79 Å². The number of hydrogen-bond acceptors (Lipinski definition) is 3. The maximum Gasteiger partial charge on any atom is 0.253 e. The van der Waals surface area contributed by atoms with E-state index in [2.05, 4.69) is 19.2 Å². The zero-order chi connectivity index (χ0) is 13.0. The number of hydrogen-bond donors (Lipinski definition) is 2. The number of nitrogens with one attached hydrogen (secondary N) is 1. The van der Waals surface area contributed by atoms with Gasteiger partial charge in [-0.1, -0.05) is 37.0 Å². The van der Waals surface area contributed by atoms with Gasteiger partial charge in [0, 0.05) is 12.6 Å². The molecule has 1 aromatic rings. The summed E-state index contributed by atoms with van der Waals surface area (Å²) in [5, 5.41) is 2.87. The Morgan fingerprint density at radius 2 is 2.11 bits per heavy atom. The molecule has 7 heteroatoms. The molecule has 0 aliphatic carbocycles. The molecule has 104 valence electrons. The van der Waals surface area contributed by atoms with Gasteiger partial charge in [-0.2, -0.15) is 0 Å². The first-order valence-corrected chi connectivity index (χ1v) is 6.97. The lowest BCUT2D eigenvalue weighted by molar-refractivity contribution is 0.0934. The average molecular weight is 332 g/mol. The van der Waals surface area contributed by atoms with E-state index in [1.807, 2.05) is 0 Å². The second-order valence-electron chi connectivity index (χ2n) is 4.27. The molecule has 1 heterocycles. The van der Waals surface area contributed by atoms with Crippen LogP contribution in [0.4, 0.5) is 0 Å². The Labute approximate surface area is 127 Å². The van der Waals surface area contributed by atoms with Gasteiger partial charge in [0.05, 0.1) is 9.90 Å². The summed E-state index contributed by atoms with van der Waals surface area (Å²) in [7, 11) is 0. The molecule has 1 amide bonds. The standard InChI is InChI=1S/C11H16Cl2N2OS.ClH/c1-6(2)3-7(5-14)15-11(16)8-4-9(12)17-10(8)13;/h4,6-7H,3,5,14H2,1-2H3,(H,15,16);1H. The summed E-state index contributed by atoms with van der Waals surface area (Å²) >= 11 is 12.9. The highest BCUT2D eigenvalue weighted by Gasteiger charge is 2.18. The Hall–Kier alpha value is -0.000000000000000222. The van der Waals surface area contributed by atoms with E-state index < -0.39 is 0 Å². The number of thiophene rings is 1. The predicted octanol–water partition coefficient (Wildman–Crippen LogP) is 3.58. The SMILES string of the molecule is CC(C)CC(CN)NC(=O)c1cc(Cl)sc1Cl.Cl. The smallest absolute Gasteiger partial charge is 0.253 e. The molecule has 0 spiro atoms.